The Bertz CT molecular complexity index is 492. The predicted octanol–water partition coefficient (Wildman–Crippen LogP) is 1.91. The molecule has 0 aromatic carbocycles. The third kappa shape index (κ3) is 4.38. The van der Waals surface area contributed by atoms with Crippen LogP contribution in [0.5, 0.6) is 5.88 Å². The van der Waals surface area contributed by atoms with Crippen molar-refractivity contribution in [1.29, 1.82) is 0 Å². The number of aliphatic carboxylic acids is 1. The Balaban J connectivity index is 2.83. The summed E-state index contributed by atoms with van der Waals surface area (Å²) < 4.78 is 4.92. The van der Waals surface area contributed by atoms with E-state index in [4.69, 9.17) is 9.84 Å². The number of ether oxygens (including phenoxy) is 1. The van der Waals surface area contributed by atoms with E-state index in [2.05, 4.69) is 10.3 Å². The highest BCUT2D eigenvalue weighted by atomic mass is 16.6. The first kappa shape index (κ1) is 15.7. The van der Waals surface area contributed by atoms with Crippen molar-refractivity contribution in [1.82, 2.24) is 4.98 Å². The lowest BCUT2D eigenvalue weighted by Crippen LogP contribution is -2.18. The second-order valence-corrected chi connectivity index (χ2v) is 4.23. The van der Waals surface area contributed by atoms with E-state index in [0.717, 1.165) is 0 Å². The number of anilines is 1. The lowest BCUT2D eigenvalue weighted by atomic mass is 10.0. The van der Waals surface area contributed by atoms with E-state index in [9.17, 15) is 14.9 Å². The molecule has 0 fully saturated rings. The van der Waals surface area contributed by atoms with Crippen LogP contribution in [-0.4, -0.2) is 34.6 Å². The summed E-state index contributed by atoms with van der Waals surface area (Å²) in [5.74, 6) is -0.686. The number of nitrogens with zero attached hydrogens (tertiary/aromatic N) is 2. The van der Waals surface area contributed by atoms with Crippen LogP contribution in [0.25, 0.3) is 0 Å². The van der Waals surface area contributed by atoms with Crippen LogP contribution in [0.3, 0.4) is 0 Å². The van der Waals surface area contributed by atoms with Crippen LogP contribution in [0.15, 0.2) is 12.1 Å². The molecule has 0 aliphatic heterocycles. The van der Waals surface area contributed by atoms with E-state index < -0.39 is 10.9 Å². The SMILES string of the molecule is CCC(CNc1nc(OC)ccc1[N+](=O)[O-])CC(=O)O. The summed E-state index contributed by atoms with van der Waals surface area (Å²) in [6.45, 7) is 2.16. The van der Waals surface area contributed by atoms with Gasteiger partial charge in [-0.25, -0.2) is 0 Å². The number of pyridine rings is 1. The van der Waals surface area contributed by atoms with Crippen LogP contribution in [0, 0.1) is 16.0 Å². The molecule has 0 amide bonds. The Morgan fingerprint density at radius 2 is 2.30 bits per heavy atom. The van der Waals surface area contributed by atoms with Gasteiger partial charge in [0.25, 0.3) is 0 Å². The van der Waals surface area contributed by atoms with Crippen molar-refractivity contribution in [2.45, 2.75) is 19.8 Å². The molecule has 0 bridgehead atoms. The Kier molecular flexibility index (Phi) is 5.70. The van der Waals surface area contributed by atoms with Gasteiger partial charge in [-0.15, -0.1) is 0 Å². The first-order valence-corrected chi connectivity index (χ1v) is 6.13. The third-order valence-electron chi connectivity index (χ3n) is 2.85. The molecular weight excluding hydrogens is 266 g/mol. The van der Waals surface area contributed by atoms with Crippen molar-refractivity contribution in [2.75, 3.05) is 19.0 Å². The Morgan fingerprint density at radius 1 is 1.60 bits per heavy atom. The van der Waals surface area contributed by atoms with Crippen LogP contribution in [0.4, 0.5) is 11.5 Å². The zero-order valence-corrected chi connectivity index (χ0v) is 11.3. The third-order valence-corrected chi connectivity index (χ3v) is 2.85. The minimum absolute atomic E-state index is 0.00126. The number of carboxylic acids is 1. The number of nitrogens with one attached hydrogen (secondary N) is 1. The number of nitro groups is 1. The summed E-state index contributed by atoms with van der Waals surface area (Å²) in [4.78, 5) is 25.0. The van der Waals surface area contributed by atoms with Gasteiger partial charge in [-0.3, -0.25) is 14.9 Å². The highest BCUT2D eigenvalue weighted by Gasteiger charge is 2.18. The highest BCUT2D eigenvalue weighted by molar-refractivity contribution is 5.67. The first-order chi connectivity index (χ1) is 9.47. The van der Waals surface area contributed by atoms with Gasteiger partial charge in [-0.05, 0) is 5.92 Å². The molecule has 8 heteroatoms. The van der Waals surface area contributed by atoms with Crippen molar-refractivity contribution < 1.29 is 19.6 Å². The summed E-state index contributed by atoms with van der Waals surface area (Å²) in [6.07, 6.45) is 0.651. The lowest BCUT2D eigenvalue weighted by Gasteiger charge is -2.14. The van der Waals surface area contributed by atoms with Crippen molar-refractivity contribution >= 4 is 17.5 Å². The maximum atomic E-state index is 10.9. The quantitative estimate of drug-likeness (QED) is 0.553. The van der Waals surface area contributed by atoms with Crippen molar-refractivity contribution in [3.05, 3.63) is 22.2 Å². The second-order valence-electron chi connectivity index (χ2n) is 4.23. The van der Waals surface area contributed by atoms with Crippen molar-refractivity contribution in [3.8, 4) is 5.88 Å². The summed E-state index contributed by atoms with van der Waals surface area (Å²) in [6, 6.07) is 2.70. The van der Waals surface area contributed by atoms with Gasteiger partial charge in [0.1, 0.15) is 0 Å². The number of rotatable bonds is 8. The molecule has 110 valence electrons. The van der Waals surface area contributed by atoms with E-state index in [-0.39, 0.29) is 29.7 Å². The summed E-state index contributed by atoms with van der Waals surface area (Å²) in [5, 5.41) is 22.5. The molecular formula is C12H17N3O5. The average molecular weight is 283 g/mol. The lowest BCUT2D eigenvalue weighted by molar-refractivity contribution is -0.384. The van der Waals surface area contributed by atoms with Gasteiger partial charge < -0.3 is 15.2 Å². The maximum absolute atomic E-state index is 10.9. The molecule has 20 heavy (non-hydrogen) atoms. The molecule has 0 saturated carbocycles. The van der Waals surface area contributed by atoms with E-state index >= 15 is 0 Å². The fourth-order valence-electron chi connectivity index (χ4n) is 1.67. The van der Waals surface area contributed by atoms with Crippen molar-refractivity contribution in [2.24, 2.45) is 5.92 Å². The molecule has 0 spiro atoms. The van der Waals surface area contributed by atoms with Crippen LogP contribution in [-0.2, 0) is 4.79 Å². The summed E-state index contributed by atoms with van der Waals surface area (Å²) in [7, 11) is 1.41. The average Bonchev–Trinajstić information content (AvgIpc) is 2.42. The Labute approximate surface area is 115 Å². The fraction of sp³-hybridized carbons (Fsp3) is 0.500. The summed E-state index contributed by atoms with van der Waals surface area (Å²) in [5.41, 5.74) is -0.170. The number of methoxy groups -OCH3 is 1. The number of aromatic nitrogens is 1. The fourth-order valence-corrected chi connectivity index (χ4v) is 1.67. The van der Waals surface area contributed by atoms with Gasteiger partial charge in [0.05, 0.1) is 12.0 Å². The maximum Gasteiger partial charge on any atom is 0.311 e. The zero-order chi connectivity index (χ0) is 15.1. The Hall–Kier alpha value is -2.38. The summed E-state index contributed by atoms with van der Waals surface area (Å²) >= 11 is 0. The van der Waals surface area contributed by atoms with Gasteiger partial charge in [0, 0.05) is 25.1 Å². The molecule has 1 atom stereocenters. The minimum atomic E-state index is -0.897. The second kappa shape index (κ2) is 7.27. The minimum Gasteiger partial charge on any atom is -0.481 e. The Morgan fingerprint density at radius 3 is 2.80 bits per heavy atom. The molecule has 0 saturated heterocycles. The van der Waals surface area contributed by atoms with Crippen molar-refractivity contribution in [3.63, 3.8) is 0 Å². The molecule has 1 aromatic heterocycles. The van der Waals surface area contributed by atoms with Gasteiger partial charge in [0.15, 0.2) is 0 Å². The smallest absolute Gasteiger partial charge is 0.311 e. The van der Waals surface area contributed by atoms with Gasteiger partial charge in [-0.1, -0.05) is 13.3 Å². The molecule has 0 aliphatic rings. The molecule has 0 radical (unpaired) electrons. The van der Waals surface area contributed by atoms with Gasteiger partial charge in [-0.2, -0.15) is 4.98 Å². The standard InChI is InChI=1S/C12H17N3O5/c1-3-8(6-11(16)17)7-13-12-9(15(18)19)4-5-10(14-12)20-2/h4-5,8H,3,6-7H2,1-2H3,(H,13,14)(H,16,17). The van der Waals surface area contributed by atoms with E-state index in [0.29, 0.717) is 13.0 Å². The molecule has 1 heterocycles. The number of carbonyl (C=O) groups is 1. The number of hydrogen-bond acceptors (Lipinski definition) is 6. The van der Waals surface area contributed by atoms with Crippen LogP contribution >= 0.6 is 0 Å². The first-order valence-electron chi connectivity index (χ1n) is 6.13. The van der Waals surface area contributed by atoms with E-state index in [1.165, 1.54) is 19.2 Å². The monoisotopic (exact) mass is 283 g/mol. The highest BCUT2D eigenvalue weighted by Crippen LogP contribution is 2.25. The molecule has 2 N–H and O–H groups in total. The number of hydrogen-bond donors (Lipinski definition) is 2. The van der Waals surface area contributed by atoms with Crippen LogP contribution in [0.2, 0.25) is 0 Å². The molecule has 0 aliphatic carbocycles. The van der Waals surface area contributed by atoms with Gasteiger partial charge in [0.2, 0.25) is 11.7 Å². The van der Waals surface area contributed by atoms with E-state index in [1.807, 2.05) is 6.92 Å². The molecule has 1 rings (SSSR count). The molecule has 8 nitrogen and oxygen atoms in total. The predicted molar refractivity (Wildman–Crippen MR) is 72.0 cm³/mol. The largest absolute Gasteiger partial charge is 0.481 e. The zero-order valence-electron chi connectivity index (χ0n) is 11.3. The van der Waals surface area contributed by atoms with Gasteiger partial charge >= 0.3 is 11.7 Å². The van der Waals surface area contributed by atoms with Crippen LogP contribution < -0.4 is 10.1 Å². The molecule has 1 aromatic rings. The van der Waals surface area contributed by atoms with Crippen LogP contribution in [0.1, 0.15) is 19.8 Å². The van der Waals surface area contributed by atoms with E-state index in [1.54, 1.807) is 0 Å². The normalized spacial score (nSPS) is 11.7. The number of carboxylic acid groups (broad SMARTS) is 1. The topological polar surface area (TPSA) is 115 Å². The molecule has 1 unspecified atom stereocenters.